The fourth-order valence-electron chi connectivity index (χ4n) is 4.39. The summed E-state index contributed by atoms with van der Waals surface area (Å²) in [6, 6.07) is 5.12. The summed E-state index contributed by atoms with van der Waals surface area (Å²) in [5, 5.41) is 22.4. The van der Waals surface area contributed by atoms with Gasteiger partial charge in [-0.2, -0.15) is 0 Å². The Kier molecular flexibility index (Phi) is 8.73. The van der Waals surface area contributed by atoms with E-state index in [0.29, 0.717) is 61.7 Å². The lowest BCUT2D eigenvalue weighted by atomic mass is 9.73. The second-order valence-corrected chi connectivity index (χ2v) is 8.31. The van der Waals surface area contributed by atoms with Gasteiger partial charge in [-0.15, -0.1) is 0 Å². The van der Waals surface area contributed by atoms with Crippen LogP contribution in [0.2, 0.25) is 0 Å². The molecule has 0 saturated heterocycles. The molecule has 2 aromatic rings. The molecule has 0 aromatic heterocycles. The highest BCUT2D eigenvalue weighted by Gasteiger charge is 2.35. The van der Waals surface area contributed by atoms with E-state index in [-0.39, 0.29) is 29.1 Å². The number of ketones is 1. The van der Waals surface area contributed by atoms with Crippen LogP contribution in [0.25, 0.3) is 10.8 Å². The minimum Gasteiger partial charge on any atom is -0.507 e. The molecule has 0 heterocycles. The van der Waals surface area contributed by atoms with Crippen LogP contribution in [-0.4, -0.2) is 62.7 Å². The number of Topliss-reactive ketones (excluding diaryl/α,β-unsaturated/α-hetero) is 1. The number of aromatic hydroxyl groups is 2. The molecular formula is C25H34O7. The highest BCUT2D eigenvalue weighted by atomic mass is 16.6. The van der Waals surface area contributed by atoms with Gasteiger partial charge in [0.25, 0.3) is 0 Å². The van der Waals surface area contributed by atoms with Gasteiger partial charge in [0.05, 0.1) is 44.0 Å². The maximum absolute atomic E-state index is 13.1. The van der Waals surface area contributed by atoms with Crippen LogP contribution >= 0.6 is 0 Å². The number of fused-ring (bicyclic) bond motifs is 2. The van der Waals surface area contributed by atoms with Gasteiger partial charge >= 0.3 is 0 Å². The highest BCUT2D eigenvalue weighted by Crippen LogP contribution is 2.44. The molecule has 0 bridgehead atoms. The van der Waals surface area contributed by atoms with Crippen molar-refractivity contribution in [3.63, 3.8) is 0 Å². The number of phenolic OH excluding ortho intramolecular Hbond substituents is 2. The first-order valence-corrected chi connectivity index (χ1v) is 11.3. The van der Waals surface area contributed by atoms with E-state index in [1.165, 1.54) is 6.07 Å². The average Bonchev–Trinajstić information content (AvgIpc) is 2.75. The van der Waals surface area contributed by atoms with E-state index in [9.17, 15) is 15.0 Å². The summed E-state index contributed by atoms with van der Waals surface area (Å²) in [6.07, 6.45) is 2.44. The number of rotatable bonds is 12. The van der Waals surface area contributed by atoms with Gasteiger partial charge in [0, 0.05) is 19.1 Å². The third-order valence-corrected chi connectivity index (χ3v) is 5.96. The number of carbonyl (C=O) groups is 1. The van der Waals surface area contributed by atoms with Gasteiger partial charge in [0.15, 0.2) is 5.78 Å². The second-order valence-electron chi connectivity index (χ2n) is 8.31. The minimum atomic E-state index is -0.128. The number of phenols is 2. The summed E-state index contributed by atoms with van der Waals surface area (Å²) in [5.41, 5.74) is 1.19. The van der Waals surface area contributed by atoms with Crippen molar-refractivity contribution >= 4 is 16.6 Å². The first-order valence-electron chi connectivity index (χ1n) is 11.3. The number of carbonyl (C=O) groups excluding carboxylic acids is 1. The van der Waals surface area contributed by atoms with Crippen molar-refractivity contribution in [2.45, 2.75) is 33.1 Å². The minimum absolute atomic E-state index is 0.0249. The largest absolute Gasteiger partial charge is 0.507 e. The second kappa shape index (κ2) is 11.5. The van der Waals surface area contributed by atoms with Crippen molar-refractivity contribution < 1.29 is 34.0 Å². The van der Waals surface area contributed by atoms with E-state index in [1.807, 2.05) is 6.07 Å². The first-order chi connectivity index (χ1) is 15.5. The van der Waals surface area contributed by atoms with Crippen molar-refractivity contribution in [3.8, 4) is 17.2 Å². The van der Waals surface area contributed by atoms with Gasteiger partial charge < -0.3 is 29.2 Å². The number of ether oxygens (including phenoxy) is 4. The molecule has 32 heavy (non-hydrogen) atoms. The summed E-state index contributed by atoms with van der Waals surface area (Å²) < 4.78 is 21.4. The zero-order valence-electron chi connectivity index (χ0n) is 19.2. The van der Waals surface area contributed by atoms with Crippen LogP contribution in [0.3, 0.4) is 0 Å². The van der Waals surface area contributed by atoms with Crippen LogP contribution in [0, 0.1) is 11.8 Å². The Morgan fingerprint density at radius 1 is 1.00 bits per heavy atom. The summed E-state index contributed by atoms with van der Waals surface area (Å²) >= 11 is 0. The number of methoxy groups -OCH3 is 1. The van der Waals surface area contributed by atoms with E-state index < -0.39 is 0 Å². The lowest BCUT2D eigenvalue weighted by Gasteiger charge is -2.30. The Labute approximate surface area is 189 Å². The topological polar surface area (TPSA) is 94.5 Å². The zero-order chi connectivity index (χ0) is 23.1. The lowest BCUT2D eigenvalue weighted by molar-refractivity contribution is 0.0180. The van der Waals surface area contributed by atoms with E-state index >= 15 is 0 Å². The third kappa shape index (κ3) is 5.52. The third-order valence-electron chi connectivity index (χ3n) is 5.96. The van der Waals surface area contributed by atoms with Crippen LogP contribution in [0.1, 0.15) is 42.6 Å². The quantitative estimate of drug-likeness (QED) is 0.474. The fraction of sp³-hybridized carbons (Fsp3) is 0.560. The Morgan fingerprint density at radius 2 is 1.69 bits per heavy atom. The number of benzene rings is 2. The summed E-state index contributed by atoms with van der Waals surface area (Å²) in [7, 11) is 1.63. The number of hydrogen-bond acceptors (Lipinski definition) is 7. The Morgan fingerprint density at radius 3 is 2.38 bits per heavy atom. The van der Waals surface area contributed by atoms with Crippen molar-refractivity contribution in [2.24, 2.45) is 11.8 Å². The van der Waals surface area contributed by atoms with Crippen molar-refractivity contribution in [1.29, 1.82) is 0 Å². The molecule has 0 fully saturated rings. The van der Waals surface area contributed by atoms with E-state index in [1.54, 1.807) is 13.2 Å². The molecule has 0 aliphatic heterocycles. The molecule has 1 aliphatic rings. The molecule has 0 spiro atoms. The average molecular weight is 447 g/mol. The smallest absolute Gasteiger partial charge is 0.170 e. The van der Waals surface area contributed by atoms with E-state index in [4.69, 9.17) is 18.9 Å². The SMILES string of the molecule is CCC[C@@H]1C(=O)c2c(cc3cc(OCCOCCOCCOC)cc(O)c3c2O)C[C@H]1C. The maximum Gasteiger partial charge on any atom is 0.170 e. The van der Waals surface area contributed by atoms with Crippen molar-refractivity contribution in [3.05, 3.63) is 29.3 Å². The molecule has 0 amide bonds. The highest BCUT2D eigenvalue weighted by molar-refractivity contribution is 6.09. The normalized spacial score (nSPS) is 18.2. The van der Waals surface area contributed by atoms with Crippen molar-refractivity contribution in [1.82, 2.24) is 0 Å². The van der Waals surface area contributed by atoms with Crippen LogP contribution in [0.5, 0.6) is 17.2 Å². The Bertz CT molecular complexity index is 924. The molecule has 7 nitrogen and oxygen atoms in total. The van der Waals surface area contributed by atoms with E-state index in [0.717, 1.165) is 24.8 Å². The molecule has 1 aliphatic carbocycles. The zero-order valence-corrected chi connectivity index (χ0v) is 19.2. The van der Waals surface area contributed by atoms with Gasteiger partial charge in [0.2, 0.25) is 0 Å². The predicted molar refractivity (Wildman–Crippen MR) is 122 cm³/mol. The molecule has 2 aromatic carbocycles. The first kappa shape index (κ1) is 24.3. The Balaban J connectivity index is 1.68. The molecule has 7 heteroatoms. The molecule has 2 atom stereocenters. The monoisotopic (exact) mass is 446 g/mol. The van der Waals surface area contributed by atoms with Crippen LogP contribution < -0.4 is 4.74 Å². The molecule has 0 saturated carbocycles. The van der Waals surface area contributed by atoms with E-state index in [2.05, 4.69) is 13.8 Å². The molecule has 176 valence electrons. The van der Waals surface area contributed by atoms with Gasteiger partial charge in [-0.1, -0.05) is 20.3 Å². The Hall–Kier alpha value is -2.35. The van der Waals surface area contributed by atoms with Gasteiger partial charge in [-0.25, -0.2) is 0 Å². The summed E-state index contributed by atoms with van der Waals surface area (Å²) in [6.45, 7) is 6.88. The summed E-state index contributed by atoms with van der Waals surface area (Å²) in [4.78, 5) is 13.1. The lowest BCUT2D eigenvalue weighted by Crippen LogP contribution is -2.30. The molecule has 3 rings (SSSR count). The maximum atomic E-state index is 13.1. The van der Waals surface area contributed by atoms with Crippen LogP contribution in [-0.2, 0) is 20.6 Å². The predicted octanol–water partition coefficient (Wildman–Crippen LogP) is 4.10. The van der Waals surface area contributed by atoms with Gasteiger partial charge in [-0.05, 0) is 41.8 Å². The van der Waals surface area contributed by atoms with Crippen LogP contribution in [0.15, 0.2) is 18.2 Å². The van der Waals surface area contributed by atoms with Gasteiger partial charge in [-0.3, -0.25) is 4.79 Å². The molecule has 0 unspecified atom stereocenters. The summed E-state index contributed by atoms with van der Waals surface area (Å²) in [5.74, 6) is 0.345. The molecule has 0 radical (unpaired) electrons. The van der Waals surface area contributed by atoms with Gasteiger partial charge in [0.1, 0.15) is 23.9 Å². The van der Waals surface area contributed by atoms with Crippen LogP contribution in [0.4, 0.5) is 0 Å². The fourth-order valence-corrected chi connectivity index (χ4v) is 4.39. The molecular weight excluding hydrogens is 412 g/mol. The van der Waals surface area contributed by atoms with Crippen molar-refractivity contribution in [2.75, 3.05) is 46.8 Å². The molecule has 2 N–H and O–H groups in total. The standard InChI is InChI=1S/C25H34O7/c1-4-5-20-16(2)12-17-13-18-14-19(32-11-10-31-9-8-30-7-6-29-3)15-21(26)22(18)25(28)23(17)24(20)27/h13-16,20,26,28H,4-12H2,1-3H3/t16-,20+/m1/s1. The number of hydrogen-bond donors (Lipinski definition) is 2.